The molecule has 0 bridgehead atoms. The lowest BCUT2D eigenvalue weighted by atomic mass is 10.1. The summed E-state index contributed by atoms with van der Waals surface area (Å²) in [5.41, 5.74) is 1.90. The summed E-state index contributed by atoms with van der Waals surface area (Å²) in [5, 5.41) is 0. The molecule has 2 amide bonds. The second kappa shape index (κ2) is 7.21. The van der Waals surface area contributed by atoms with Crippen LogP contribution >= 0.6 is 15.9 Å². The number of carbonyl (C=O) groups excluding carboxylic acids is 4. The van der Waals surface area contributed by atoms with E-state index < -0.39 is 30.9 Å². The molecule has 0 saturated heterocycles. The van der Waals surface area contributed by atoms with Crippen LogP contribution in [0.15, 0.2) is 46.9 Å². The Morgan fingerprint density at radius 2 is 1.65 bits per heavy atom. The number of esters is 1. The van der Waals surface area contributed by atoms with Gasteiger partial charge in [0.15, 0.2) is 12.4 Å². The minimum absolute atomic E-state index is 0.230. The molecule has 7 heteroatoms. The third-order valence-corrected chi connectivity index (χ3v) is 4.45. The van der Waals surface area contributed by atoms with Crippen LogP contribution in [0.3, 0.4) is 0 Å². The van der Waals surface area contributed by atoms with Gasteiger partial charge in [-0.1, -0.05) is 45.8 Å². The molecule has 132 valence electrons. The van der Waals surface area contributed by atoms with Crippen LogP contribution in [0.1, 0.15) is 36.6 Å². The molecule has 0 aliphatic carbocycles. The quantitative estimate of drug-likeness (QED) is 0.426. The van der Waals surface area contributed by atoms with Crippen molar-refractivity contribution in [2.24, 2.45) is 0 Å². The Bertz CT molecular complexity index is 920. The molecule has 1 heterocycles. The van der Waals surface area contributed by atoms with Gasteiger partial charge in [-0.25, -0.2) is 0 Å². The van der Waals surface area contributed by atoms with E-state index in [0.29, 0.717) is 10.0 Å². The van der Waals surface area contributed by atoms with E-state index in [4.69, 9.17) is 4.74 Å². The number of halogens is 1. The van der Waals surface area contributed by atoms with Crippen molar-refractivity contribution < 1.29 is 23.9 Å². The second-order valence-corrected chi connectivity index (χ2v) is 6.75. The Hall–Kier alpha value is -2.80. The summed E-state index contributed by atoms with van der Waals surface area (Å²) in [6.45, 7) is 0.913. The summed E-state index contributed by atoms with van der Waals surface area (Å²) in [7, 11) is 0. The van der Waals surface area contributed by atoms with Crippen molar-refractivity contribution in [3.63, 3.8) is 0 Å². The zero-order valence-corrected chi connectivity index (χ0v) is 15.4. The number of aryl methyl sites for hydroxylation is 1. The number of fused-ring (bicyclic) bond motifs is 1. The Labute approximate surface area is 157 Å². The molecular formula is C19H14BrNO5. The average molecular weight is 416 g/mol. The number of carbonyl (C=O) groups is 4. The van der Waals surface area contributed by atoms with Crippen LogP contribution < -0.4 is 0 Å². The lowest BCUT2D eigenvalue weighted by Gasteiger charge is -2.12. The third-order valence-electron chi connectivity index (χ3n) is 3.96. The maximum atomic E-state index is 12.3. The number of ether oxygens (including phenoxy) is 1. The van der Waals surface area contributed by atoms with Gasteiger partial charge >= 0.3 is 5.97 Å². The molecular weight excluding hydrogens is 402 g/mol. The molecule has 2 aromatic rings. The monoisotopic (exact) mass is 415 g/mol. The molecule has 0 fully saturated rings. The molecule has 1 aliphatic heterocycles. The van der Waals surface area contributed by atoms with Gasteiger partial charge in [-0.3, -0.25) is 24.1 Å². The van der Waals surface area contributed by atoms with Gasteiger partial charge in [0.2, 0.25) is 0 Å². The Kier molecular flexibility index (Phi) is 4.99. The lowest BCUT2D eigenvalue weighted by molar-refractivity contribution is -0.142. The van der Waals surface area contributed by atoms with Crippen LogP contribution in [-0.4, -0.2) is 41.6 Å². The average Bonchev–Trinajstić information content (AvgIpc) is 2.84. The fourth-order valence-electron chi connectivity index (χ4n) is 2.55. The van der Waals surface area contributed by atoms with Gasteiger partial charge in [0, 0.05) is 10.0 Å². The molecule has 1 aliphatic rings. The van der Waals surface area contributed by atoms with Crippen LogP contribution in [-0.2, 0) is 9.53 Å². The van der Waals surface area contributed by atoms with Crippen LogP contribution in [0.4, 0.5) is 0 Å². The highest BCUT2D eigenvalue weighted by Gasteiger charge is 2.37. The van der Waals surface area contributed by atoms with Gasteiger partial charge in [0.1, 0.15) is 6.54 Å². The molecule has 0 spiro atoms. The molecule has 0 aromatic heterocycles. The largest absolute Gasteiger partial charge is 0.456 e. The van der Waals surface area contributed by atoms with Crippen LogP contribution in [0.25, 0.3) is 0 Å². The summed E-state index contributed by atoms with van der Waals surface area (Å²) in [5.74, 6) is -2.30. The van der Waals surface area contributed by atoms with Crippen molar-refractivity contribution in [1.29, 1.82) is 0 Å². The molecule has 0 unspecified atom stereocenters. The number of benzene rings is 2. The first-order valence-corrected chi connectivity index (χ1v) is 8.57. The maximum Gasteiger partial charge on any atom is 0.326 e. The summed E-state index contributed by atoms with van der Waals surface area (Å²) >= 11 is 3.24. The normalized spacial score (nSPS) is 12.9. The fourth-order valence-corrected chi connectivity index (χ4v) is 2.91. The van der Waals surface area contributed by atoms with E-state index in [1.54, 1.807) is 30.3 Å². The molecule has 2 aromatic carbocycles. The standard InChI is InChI=1S/C19H14BrNO5/c1-11-2-4-12(5-3-11)16(22)10-26-17(23)9-21-18(24)14-7-6-13(20)8-15(14)19(21)25/h2-8H,9-10H2,1H3. The highest BCUT2D eigenvalue weighted by molar-refractivity contribution is 9.10. The van der Waals surface area contributed by atoms with Crippen LogP contribution in [0.5, 0.6) is 0 Å². The minimum atomic E-state index is -0.820. The van der Waals surface area contributed by atoms with Gasteiger partial charge in [-0.15, -0.1) is 0 Å². The van der Waals surface area contributed by atoms with Crippen molar-refractivity contribution in [1.82, 2.24) is 4.90 Å². The Balaban J connectivity index is 1.60. The first kappa shape index (κ1) is 18.0. The fraction of sp³-hybridized carbons (Fsp3) is 0.158. The van der Waals surface area contributed by atoms with Gasteiger partial charge in [0.05, 0.1) is 11.1 Å². The smallest absolute Gasteiger partial charge is 0.326 e. The Morgan fingerprint density at radius 3 is 2.35 bits per heavy atom. The number of hydrogen-bond donors (Lipinski definition) is 0. The zero-order valence-electron chi connectivity index (χ0n) is 13.8. The van der Waals surface area contributed by atoms with Crippen molar-refractivity contribution in [2.45, 2.75) is 6.92 Å². The molecule has 0 radical (unpaired) electrons. The topological polar surface area (TPSA) is 80.8 Å². The number of amides is 2. The summed E-state index contributed by atoms with van der Waals surface area (Å²) in [6.07, 6.45) is 0. The summed E-state index contributed by atoms with van der Waals surface area (Å²) < 4.78 is 5.58. The van der Waals surface area contributed by atoms with Gasteiger partial charge in [-0.05, 0) is 25.1 Å². The van der Waals surface area contributed by atoms with E-state index in [9.17, 15) is 19.2 Å². The van der Waals surface area contributed by atoms with Gasteiger partial charge in [0.25, 0.3) is 11.8 Å². The second-order valence-electron chi connectivity index (χ2n) is 5.84. The van der Waals surface area contributed by atoms with Crippen LogP contribution in [0, 0.1) is 6.92 Å². The highest BCUT2D eigenvalue weighted by atomic mass is 79.9. The van der Waals surface area contributed by atoms with E-state index in [-0.39, 0.29) is 16.9 Å². The van der Waals surface area contributed by atoms with E-state index in [2.05, 4.69) is 15.9 Å². The predicted molar refractivity (Wildman–Crippen MR) is 96.0 cm³/mol. The predicted octanol–water partition coefficient (Wildman–Crippen LogP) is 2.78. The van der Waals surface area contributed by atoms with E-state index in [0.717, 1.165) is 10.5 Å². The molecule has 3 rings (SSSR count). The number of Topliss-reactive ketones (excluding diaryl/α,β-unsaturated/α-hetero) is 1. The Morgan fingerprint density at radius 1 is 1.00 bits per heavy atom. The minimum Gasteiger partial charge on any atom is -0.456 e. The lowest BCUT2D eigenvalue weighted by Crippen LogP contribution is -2.36. The molecule has 0 N–H and O–H groups in total. The van der Waals surface area contributed by atoms with E-state index >= 15 is 0 Å². The summed E-state index contributed by atoms with van der Waals surface area (Å²) in [6, 6.07) is 11.6. The number of hydrogen-bond acceptors (Lipinski definition) is 5. The maximum absolute atomic E-state index is 12.3. The van der Waals surface area contributed by atoms with Crippen molar-refractivity contribution >= 4 is 39.5 Å². The first-order chi connectivity index (χ1) is 12.4. The molecule has 0 atom stereocenters. The third kappa shape index (κ3) is 3.57. The zero-order chi connectivity index (χ0) is 18.8. The molecule has 26 heavy (non-hydrogen) atoms. The van der Waals surface area contributed by atoms with E-state index in [1.807, 2.05) is 6.92 Å². The summed E-state index contributed by atoms with van der Waals surface area (Å²) in [4.78, 5) is 49.4. The first-order valence-electron chi connectivity index (χ1n) is 7.78. The van der Waals surface area contributed by atoms with Crippen molar-refractivity contribution in [3.05, 3.63) is 69.2 Å². The molecule has 0 saturated carbocycles. The van der Waals surface area contributed by atoms with E-state index in [1.165, 1.54) is 12.1 Å². The van der Waals surface area contributed by atoms with Gasteiger partial charge in [-0.2, -0.15) is 0 Å². The van der Waals surface area contributed by atoms with Crippen LogP contribution in [0.2, 0.25) is 0 Å². The highest BCUT2D eigenvalue weighted by Crippen LogP contribution is 2.25. The number of imide groups is 1. The number of ketones is 1. The SMILES string of the molecule is Cc1ccc(C(=O)COC(=O)CN2C(=O)c3ccc(Br)cc3C2=O)cc1. The number of nitrogens with zero attached hydrogens (tertiary/aromatic N) is 1. The number of rotatable bonds is 5. The molecule has 6 nitrogen and oxygen atoms in total. The van der Waals surface area contributed by atoms with Crippen molar-refractivity contribution in [3.8, 4) is 0 Å². The van der Waals surface area contributed by atoms with Gasteiger partial charge < -0.3 is 4.74 Å². The van der Waals surface area contributed by atoms with Crippen molar-refractivity contribution in [2.75, 3.05) is 13.2 Å².